The van der Waals surface area contributed by atoms with Gasteiger partial charge in [0.2, 0.25) is 0 Å². The Hall–Kier alpha value is -1.35. The van der Waals surface area contributed by atoms with E-state index in [9.17, 15) is 4.39 Å². The van der Waals surface area contributed by atoms with Crippen molar-refractivity contribution in [2.75, 3.05) is 0 Å². The van der Waals surface area contributed by atoms with Crippen LogP contribution >= 0.6 is 0 Å². The maximum atomic E-state index is 13.3. The van der Waals surface area contributed by atoms with Crippen LogP contribution < -0.4 is 5.32 Å². The van der Waals surface area contributed by atoms with Crippen molar-refractivity contribution in [2.45, 2.75) is 25.9 Å². The topological polar surface area (TPSA) is 17.0 Å². The number of nitrogens with one attached hydrogen (secondary N) is 1. The maximum Gasteiger partial charge on any atom is 0.123 e. The Morgan fingerprint density at radius 2 is 2.25 bits per heavy atom. The second kappa shape index (κ2) is 3.32. The largest absolute Gasteiger partial charge is 0.346 e. The van der Waals surface area contributed by atoms with Crippen LogP contribution in [0.15, 0.2) is 18.2 Å². The van der Waals surface area contributed by atoms with Gasteiger partial charge in [-0.3, -0.25) is 0 Å². The van der Waals surface area contributed by atoms with Crippen molar-refractivity contribution in [2.24, 2.45) is 7.05 Å². The zero-order valence-electron chi connectivity index (χ0n) is 9.55. The normalized spacial score (nSPS) is 20.1. The fourth-order valence-electron chi connectivity index (χ4n) is 2.65. The highest BCUT2D eigenvalue weighted by Crippen LogP contribution is 2.29. The van der Waals surface area contributed by atoms with Gasteiger partial charge in [-0.05, 0) is 37.1 Å². The summed E-state index contributed by atoms with van der Waals surface area (Å²) in [6.07, 6.45) is 0.982. The van der Waals surface area contributed by atoms with Crippen LogP contribution in [0.3, 0.4) is 0 Å². The molecular formula is C13H15FN2. The van der Waals surface area contributed by atoms with Gasteiger partial charge >= 0.3 is 0 Å². The van der Waals surface area contributed by atoms with Crippen molar-refractivity contribution >= 4 is 10.9 Å². The Morgan fingerprint density at radius 3 is 3.06 bits per heavy atom. The first-order valence-electron chi connectivity index (χ1n) is 5.66. The van der Waals surface area contributed by atoms with Crippen molar-refractivity contribution in [1.29, 1.82) is 0 Å². The van der Waals surface area contributed by atoms with Crippen molar-refractivity contribution in [1.82, 2.24) is 9.88 Å². The number of fused-ring (bicyclic) bond motifs is 3. The smallest absolute Gasteiger partial charge is 0.123 e. The van der Waals surface area contributed by atoms with E-state index in [1.54, 1.807) is 6.07 Å². The fourth-order valence-corrected chi connectivity index (χ4v) is 2.65. The molecule has 16 heavy (non-hydrogen) atoms. The average molecular weight is 218 g/mol. The van der Waals surface area contributed by atoms with Crippen LogP contribution in [0, 0.1) is 5.82 Å². The number of aryl methyl sites for hydroxylation is 1. The van der Waals surface area contributed by atoms with Gasteiger partial charge in [0.05, 0.1) is 0 Å². The Labute approximate surface area is 94.1 Å². The predicted molar refractivity (Wildman–Crippen MR) is 62.9 cm³/mol. The summed E-state index contributed by atoms with van der Waals surface area (Å²) in [5, 5.41) is 4.51. The zero-order valence-corrected chi connectivity index (χ0v) is 9.55. The van der Waals surface area contributed by atoms with Gasteiger partial charge in [-0.1, -0.05) is 0 Å². The molecule has 0 saturated heterocycles. The molecule has 1 aliphatic rings. The third-order valence-corrected chi connectivity index (χ3v) is 3.53. The molecule has 1 N–H and O–H groups in total. The van der Waals surface area contributed by atoms with Crippen LogP contribution in [-0.4, -0.2) is 10.6 Å². The third-order valence-electron chi connectivity index (χ3n) is 3.53. The molecule has 1 atom stereocenters. The zero-order chi connectivity index (χ0) is 11.3. The van der Waals surface area contributed by atoms with Crippen LogP contribution in [0.5, 0.6) is 0 Å². The molecule has 2 nitrogen and oxygen atoms in total. The van der Waals surface area contributed by atoms with E-state index < -0.39 is 0 Å². The number of hydrogen-bond donors (Lipinski definition) is 1. The molecule has 3 rings (SSSR count). The van der Waals surface area contributed by atoms with Gasteiger partial charge in [-0.15, -0.1) is 0 Å². The molecule has 2 aromatic rings. The summed E-state index contributed by atoms with van der Waals surface area (Å²) in [6.45, 7) is 3.05. The molecule has 2 heterocycles. The molecular weight excluding hydrogens is 203 g/mol. The highest BCUT2D eigenvalue weighted by molar-refractivity contribution is 5.86. The number of rotatable bonds is 0. The van der Waals surface area contributed by atoms with E-state index >= 15 is 0 Å². The molecule has 0 bridgehead atoms. The first-order valence-corrected chi connectivity index (χ1v) is 5.66. The van der Waals surface area contributed by atoms with Crippen molar-refractivity contribution in [3.8, 4) is 0 Å². The molecule has 1 unspecified atom stereocenters. The first-order chi connectivity index (χ1) is 7.66. The predicted octanol–water partition coefficient (Wildman–Crippen LogP) is 2.35. The summed E-state index contributed by atoms with van der Waals surface area (Å²) in [6, 6.07) is 5.53. The minimum atomic E-state index is -0.146. The summed E-state index contributed by atoms with van der Waals surface area (Å²) in [5.41, 5.74) is 3.73. The third kappa shape index (κ3) is 1.28. The molecule has 3 heteroatoms. The fraction of sp³-hybridized carbons (Fsp3) is 0.385. The summed E-state index contributed by atoms with van der Waals surface area (Å²) in [4.78, 5) is 0. The number of halogens is 1. The monoisotopic (exact) mass is 218 g/mol. The van der Waals surface area contributed by atoms with Crippen LogP contribution in [0.1, 0.15) is 18.2 Å². The van der Waals surface area contributed by atoms with Crippen LogP contribution in [0.4, 0.5) is 4.39 Å². The van der Waals surface area contributed by atoms with Crippen molar-refractivity contribution in [3.05, 3.63) is 35.3 Å². The Balaban J connectivity index is 2.33. The quantitative estimate of drug-likeness (QED) is 0.718. The van der Waals surface area contributed by atoms with E-state index in [4.69, 9.17) is 0 Å². The Morgan fingerprint density at radius 1 is 1.44 bits per heavy atom. The molecule has 1 aromatic heterocycles. The number of nitrogens with zero attached hydrogens (tertiary/aromatic N) is 1. The molecule has 0 fully saturated rings. The first kappa shape index (κ1) is 9.85. The molecule has 0 spiro atoms. The summed E-state index contributed by atoms with van der Waals surface area (Å²) < 4.78 is 15.5. The molecule has 0 aliphatic carbocycles. The molecule has 1 aromatic carbocycles. The lowest BCUT2D eigenvalue weighted by molar-refractivity contribution is 0.500. The number of hydrogen-bond acceptors (Lipinski definition) is 1. The Bertz CT molecular complexity index is 557. The van der Waals surface area contributed by atoms with E-state index in [2.05, 4.69) is 23.9 Å². The molecule has 84 valence electrons. The molecule has 0 amide bonds. The standard InChI is InChI=1S/C13H15FN2/c1-8-5-10-11-6-9(14)3-4-12(11)16(2)13(10)7-15-8/h3-4,6,8,15H,5,7H2,1-2H3. The van der Waals surface area contributed by atoms with Crippen LogP contribution in [0.25, 0.3) is 10.9 Å². The lowest BCUT2D eigenvalue weighted by atomic mass is 10.00. The van der Waals surface area contributed by atoms with Crippen LogP contribution in [-0.2, 0) is 20.0 Å². The van der Waals surface area contributed by atoms with Crippen molar-refractivity contribution in [3.63, 3.8) is 0 Å². The van der Waals surface area contributed by atoms with E-state index in [1.807, 2.05) is 6.07 Å². The van der Waals surface area contributed by atoms with Crippen molar-refractivity contribution < 1.29 is 4.39 Å². The second-order valence-electron chi connectivity index (χ2n) is 4.63. The van der Waals surface area contributed by atoms with E-state index in [-0.39, 0.29) is 5.82 Å². The Kier molecular flexibility index (Phi) is 2.04. The minimum Gasteiger partial charge on any atom is -0.346 e. The summed E-state index contributed by atoms with van der Waals surface area (Å²) in [5.74, 6) is -0.146. The second-order valence-corrected chi connectivity index (χ2v) is 4.63. The molecule has 0 saturated carbocycles. The summed E-state index contributed by atoms with van der Waals surface area (Å²) >= 11 is 0. The minimum absolute atomic E-state index is 0.146. The van der Waals surface area contributed by atoms with E-state index in [0.29, 0.717) is 6.04 Å². The molecule has 0 radical (unpaired) electrons. The van der Waals surface area contributed by atoms with Crippen LogP contribution in [0.2, 0.25) is 0 Å². The van der Waals surface area contributed by atoms with Gasteiger partial charge in [-0.25, -0.2) is 4.39 Å². The average Bonchev–Trinajstić information content (AvgIpc) is 2.52. The van der Waals surface area contributed by atoms with Gasteiger partial charge in [0.25, 0.3) is 0 Å². The highest BCUT2D eigenvalue weighted by atomic mass is 19.1. The SMILES string of the molecule is CC1Cc2c(n(C)c3ccc(F)cc23)CN1. The summed E-state index contributed by atoms with van der Waals surface area (Å²) in [7, 11) is 2.05. The van der Waals surface area contributed by atoms with Gasteiger partial charge in [0, 0.05) is 36.2 Å². The number of aromatic nitrogens is 1. The van der Waals surface area contributed by atoms with E-state index in [1.165, 1.54) is 17.3 Å². The highest BCUT2D eigenvalue weighted by Gasteiger charge is 2.21. The lowest BCUT2D eigenvalue weighted by Crippen LogP contribution is -2.33. The van der Waals surface area contributed by atoms with Gasteiger partial charge in [-0.2, -0.15) is 0 Å². The molecule has 1 aliphatic heterocycles. The number of benzene rings is 1. The van der Waals surface area contributed by atoms with Gasteiger partial charge in [0.1, 0.15) is 5.82 Å². The van der Waals surface area contributed by atoms with Gasteiger partial charge in [0.15, 0.2) is 0 Å². The van der Waals surface area contributed by atoms with E-state index in [0.717, 1.165) is 23.9 Å². The van der Waals surface area contributed by atoms with Gasteiger partial charge < -0.3 is 9.88 Å². The lowest BCUT2D eigenvalue weighted by Gasteiger charge is -2.21. The maximum absolute atomic E-state index is 13.3.